The lowest BCUT2D eigenvalue weighted by Gasteiger charge is -2.34. The Balaban J connectivity index is 1.28. The molecule has 6 heterocycles. The van der Waals surface area contributed by atoms with E-state index in [9.17, 15) is 18.0 Å². The third kappa shape index (κ3) is 5.05. The lowest BCUT2D eigenvalue weighted by molar-refractivity contribution is -0.141. The maximum absolute atomic E-state index is 15.7. The minimum Gasteiger partial charge on any atom is -0.315 e. The highest BCUT2D eigenvalue weighted by molar-refractivity contribution is 7.22. The summed E-state index contributed by atoms with van der Waals surface area (Å²) in [5.74, 6) is -0.957. The second-order valence-electron chi connectivity index (χ2n) is 10.3. The molecule has 7 rings (SSSR count). The molecule has 222 valence electrons. The maximum Gasteiger partial charge on any atom is 0.433 e. The zero-order valence-electron chi connectivity index (χ0n) is 22.8. The van der Waals surface area contributed by atoms with Gasteiger partial charge in [-0.25, -0.2) is 14.4 Å². The lowest BCUT2D eigenvalue weighted by atomic mass is 10.0. The van der Waals surface area contributed by atoms with E-state index in [0.29, 0.717) is 51.5 Å². The van der Waals surface area contributed by atoms with Gasteiger partial charge in [-0.15, -0.1) is 16.4 Å². The fraction of sp³-hybridized carbons (Fsp3) is 0.200. The van der Waals surface area contributed by atoms with Gasteiger partial charge in [-0.3, -0.25) is 14.7 Å². The number of nitrogens with one attached hydrogen (secondary N) is 1. The van der Waals surface area contributed by atoms with E-state index in [1.807, 2.05) is 0 Å². The van der Waals surface area contributed by atoms with E-state index in [0.717, 1.165) is 23.7 Å². The Morgan fingerprint density at radius 1 is 1.05 bits per heavy atom. The molecule has 1 amide bonds. The summed E-state index contributed by atoms with van der Waals surface area (Å²) in [6.07, 6.45) is 1.28. The van der Waals surface area contributed by atoms with E-state index in [4.69, 9.17) is 0 Å². The first-order valence-electron chi connectivity index (χ1n) is 13.7. The average Bonchev–Trinajstić information content (AvgIpc) is 3.67. The van der Waals surface area contributed by atoms with Crippen molar-refractivity contribution in [2.24, 2.45) is 0 Å². The third-order valence-corrected chi connectivity index (χ3v) is 8.63. The van der Waals surface area contributed by atoms with Crippen molar-refractivity contribution in [2.75, 3.05) is 18.0 Å². The third-order valence-electron chi connectivity index (χ3n) is 7.48. The normalized spacial score (nSPS) is 15.6. The van der Waals surface area contributed by atoms with Gasteiger partial charge in [-0.1, -0.05) is 5.21 Å². The first-order valence-corrected chi connectivity index (χ1v) is 14.5. The molecule has 1 aliphatic heterocycles. The van der Waals surface area contributed by atoms with Crippen LogP contribution in [0.15, 0.2) is 73.2 Å². The lowest BCUT2D eigenvalue weighted by Crippen LogP contribution is -2.49. The molecule has 5 aromatic heterocycles. The average molecular weight is 619 g/mol. The van der Waals surface area contributed by atoms with Crippen LogP contribution in [0, 0.1) is 5.82 Å². The number of anilines is 1. The molecule has 0 unspecified atom stereocenters. The Labute approximate surface area is 251 Å². The highest BCUT2D eigenvalue weighted by atomic mass is 32.1. The number of piperidine rings is 1. The second kappa shape index (κ2) is 11.0. The molecule has 0 bridgehead atoms. The second-order valence-corrected chi connectivity index (χ2v) is 11.4. The van der Waals surface area contributed by atoms with Gasteiger partial charge in [-0.05, 0) is 67.9 Å². The summed E-state index contributed by atoms with van der Waals surface area (Å²) in [6.45, 7) is 1.28. The molecule has 1 atom stereocenters. The minimum absolute atomic E-state index is 0.141. The number of rotatable bonds is 5. The highest BCUT2D eigenvalue weighted by Crippen LogP contribution is 2.39. The maximum atomic E-state index is 15.7. The summed E-state index contributed by atoms with van der Waals surface area (Å²) in [4.78, 5) is 28.8. The van der Waals surface area contributed by atoms with Crippen LogP contribution in [0.1, 0.15) is 28.9 Å². The first kappa shape index (κ1) is 28.0. The summed E-state index contributed by atoms with van der Waals surface area (Å²) in [6, 6.07) is 13.3. The molecule has 1 aromatic carbocycles. The Morgan fingerprint density at radius 3 is 2.68 bits per heavy atom. The topological polar surface area (TPSA) is 102 Å². The standard InChI is InChI=1S/C30H22F4N8OS/c31-22-13-18(42-28-23(39-40-42)4-2-11-36-28)6-7-20(22)29(43)41(19-3-1-10-35-16-19)27-21-14-25(44-24(21)9-12-37-27)17-5-8-26(38-15-17)30(32,33)34/h2,4-9,11-15,19,35H,1,3,10,16H2/t19-/m1/s1. The molecule has 1 aliphatic rings. The Kier molecular flexibility index (Phi) is 7.01. The molecule has 14 heteroatoms. The fourth-order valence-electron chi connectivity index (χ4n) is 5.36. The van der Waals surface area contributed by atoms with E-state index in [1.165, 1.54) is 45.3 Å². The number of aromatic nitrogens is 6. The van der Waals surface area contributed by atoms with Gasteiger partial charge >= 0.3 is 6.18 Å². The zero-order valence-corrected chi connectivity index (χ0v) is 23.6. The SMILES string of the molecule is O=C(c1ccc(-n2nnc3cccnc32)cc1F)N(c1nccc2sc(-c3ccc(C(F)(F)F)nc3)cc12)[C@@H]1CCCNC1. The summed E-state index contributed by atoms with van der Waals surface area (Å²) >= 11 is 1.34. The zero-order chi connectivity index (χ0) is 30.4. The quantitative estimate of drug-likeness (QED) is 0.235. The van der Waals surface area contributed by atoms with Gasteiger partial charge in [0.1, 0.15) is 22.8 Å². The van der Waals surface area contributed by atoms with Crippen LogP contribution in [-0.4, -0.2) is 55.0 Å². The number of alkyl halides is 3. The van der Waals surface area contributed by atoms with Gasteiger partial charge < -0.3 is 5.32 Å². The molecule has 6 aromatic rings. The van der Waals surface area contributed by atoms with Crippen molar-refractivity contribution in [1.82, 2.24) is 35.3 Å². The number of halogens is 4. The molecule has 44 heavy (non-hydrogen) atoms. The van der Waals surface area contributed by atoms with Crippen LogP contribution in [0.25, 0.3) is 37.4 Å². The number of amides is 1. The number of hydrogen-bond donors (Lipinski definition) is 1. The van der Waals surface area contributed by atoms with Crippen LogP contribution in [-0.2, 0) is 6.18 Å². The highest BCUT2D eigenvalue weighted by Gasteiger charge is 2.33. The van der Waals surface area contributed by atoms with Gasteiger partial charge in [0.25, 0.3) is 5.91 Å². The van der Waals surface area contributed by atoms with E-state index in [2.05, 4.69) is 30.6 Å². The van der Waals surface area contributed by atoms with Crippen molar-refractivity contribution >= 4 is 44.3 Å². The van der Waals surface area contributed by atoms with E-state index in [1.54, 1.807) is 42.7 Å². The Bertz CT molecular complexity index is 2000. The summed E-state index contributed by atoms with van der Waals surface area (Å²) in [5.41, 5.74) is 0.738. The molecule has 1 fully saturated rings. The summed E-state index contributed by atoms with van der Waals surface area (Å²) < 4.78 is 57.1. The summed E-state index contributed by atoms with van der Waals surface area (Å²) in [7, 11) is 0. The Morgan fingerprint density at radius 2 is 1.93 bits per heavy atom. The van der Waals surface area contributed by atoms with Crippen LogP contribution in [0.2, 0.25) is 0 Å². The minimum atomic E-state index is -4.54. The van der Waals surface area contributed by atoms with Crippen LogP contribution in [0.3, 0.4) is 0 Å². The Hall–Kier alpha value is -4.82. The van der Waals surface area contributed by atoms with Crippen molar-refractivity contribution in [3.8, 4) is 16.1 Å². The number of hydrogen-bond acceptors (Lipinski definition) is 8. The molecule has 0 saturated carbocycles. The van der Waals surface area contributed by atoms with Crippen LogP contribution >= 0.6 is 11.3 Å². The molecule has 1 saturated heterocycles. The van der Waals surface area contributed by atoms with Crippen molar-refractivity contribution in [2.45, 2.75) is 25.1 Å². The first-order chi connectivity index (χ1) is 21.3. The van der Waals surface area contributed by atoms with Crippen molar-refractivity contribution in [3.63, 3.8) is 0 Å². The van der Waals surface area contributed by atoms with Crippen molar-refractivity contribution in [3.05, 3.63) is 90.3 Å². The van der Waals surface area contributed by atoms with E-state index >= 15 is 4.39 Å². The molecule has 0 spiro atoms. The number of carbonyl (C=O) groups excluding carboxylic acids is 1. The molecule has 1 N–H and O–H groups in total. The number of pyridine rings is 3. The van der Waals surface area contributed by atoms with Crippen molar-refractivity contribution in [1.29, 1.82) is 0 Å². The number of thiophene rings is 1. The molecule has 9 nitrogen and oxygen atoms in total. The number of fused-ring (bicyclic) bond motifs is 2. The van der Waals surface area contributed by atoms with Crippen LogP contribution in [0.5, 0.6) is 0 Å². The van der Waals surface area contributed by atoms with E-state index < -0.39 is 23.6 Å². The molecule has 0 aliphatic carbocycles. The monoisotopic (exact) mass is 618 g/mol. The van der Waals surface area contributed by atoms with Crippen LogP contribution in [0.4, 0.5) is 23.4 Å². The van der Waals surface area contributed by atoms with Crippen molar-refractivity contribution < 1.29 is 22.4 Å². The number of nitrogens with zero attached hydrogens (tertiary/aromatic N) is 7. The van der Waals surface area contributed by atoms with Crippen LogP contribution < -0.4 is 10.2 Å². The predicted molar refractivity (Wildman–Crippen MR) is 157 cm³/mol. The largest absolute Gasteiger partial charge is 0.433 e. The summed E-state index contributed by atoms with van der Waals surface area (Å²) in [5, 5.41) is 12.1. The predicted octanol–water partition coefficient (Wildman–Crippen LogP) is 6.04. The van der Waals surface area contributed by atoms with Gasteiger partial charge in [0.05, 0.1) is 17.3 Å². The number of benzene rings is 1. The molecule has 0 radical (unpaired) electrons. The van der Waals surface area contributed by atoms with Gasteiger partial charge in [0.2, 0.25) is 0 Å². The van der Waals surface area contributed by atoms with Gasteiger partial charge in [-0.2, -0.15) is 17.9 Å². The van der Waals surface area contributed by atoms with E-state index in [-0.39, 0.29) is 11.6 Å². The molecular weight excluding hydrogens is 596 g/mol. The fourth-order valence-corrected chi connectivity index (χ4v) is 6.40. The van der Waals surface area contributed by atoms with Gasteiger partial charge in [0.15, 0.2) is 5.65 Å². The smallest absolute Gasteiger partial charge is 0.315 e. The van der Waals surface area contributed by atoms with Gasteiger partial charge in [0, 0.05) is 51.7 Å². The molecular formula is C30H22F4N8OS. The number of carbonyl (C=O) groups is 1.